The van der Waals surface area contributed by atoms with E-state index in [1.54, 1.807) is 6.07 Å². The van der Waals surface area contributed by atoms with Gasteiger partial charge in [-0.05, 0) is 31.0 Å². The molecule has 0 fully saturated rings. The summed E-state index contributed by atoms with van der Waals surface area (Å²) in [6.07, 6.45) is 0. The number of hydrogen-bond donors (Lipinski definition) is 2. The molecule has 0 aliphatic carbocycles. The van der Waals surface area contributed by atoms with Crippen LogP contribution in [0.4, 0.5) is 5.69 Å². The van der Waals surface area contributed by atoms with Gasteiger partial charge in [0.25, 0.3) is 0 Å². The highest BCUT2D eigenvalue weighted by molar-refractivity contribution is 6.34. The van der Waals surface area contributed by atoms with Crippen LogP contribution in [0.15, 0.2) is 6.07 Å². The Labute approximate surface area is 70.6 Å². The van der Waals surface area contributed by atoms with Crippen molar-refractivity contribution in [1.82, 2.24) is 0 Å². The number of anilines is 1. The predicted molar refractivity (Wildman–Crippen MR) is 47.0 cm³/mol. The standard InChI is InChI=1S/C8H10ClNO/c1-4-3-6(11)8(10)7(9)5(4)2/h3,11H,10H2,1-2H3. The average molecular weight is 172 g/mol. The van der Waals surface area contributed by atoms with Crippen LogP contribution in [0.2, 0.25) is 5.02 Å². The molecular weight excluding hydrogens is 162 g/mol. The van der Waals surface area contributed by atoms with Crippen LogP contribution in [0.3, 0.4) is 0 Å². The van der Waals surface area contributed by atoms with E-state index in [9.17, 15) is 5.11 Å². The fourth-order valence-electron chi connectivity index (χ4n) is 0.879. The first kappa shape index (κ1) is 8.21. The van der Waals surface area contributed by atoms with Crippen LogP contribution in [0, 0.1) is 13.8 Å². The lowest BCUT2D eigenvalue weighted by Crippen LogP contribution is -1.91. The third kappa shape index (κ3) is 1.26. The van der Waals surface area contributed by atoms with Crippen LogP contribution in [0.25, 0.3) is 0 Å². The van der Waals surface area contributed by atoms with Crippen molar-refractivity contribution in [1.29, 1.82) is 0 Å². The molecule has 0 atom stereocenters. The van der Waals surface area contributed by atoms with Crippen LogP contribution in [-0.2, 0) is 0 Å². The molecular formula is C8H10ClNO. The second kappa shape index (κ2) is 2.62. The fraction of sp³-hybridized carbons (Fsp3) is 0.250. The highest BCUT2D eigenvalue weighted by Gasteiger charge is 2.07. The molecule has 0 unspecified atom stereocenters. The zero-order valence-electron chi connectivity index (χ0n) is 6.48. The minimum absolute atomic E-state index is 0.0538. The van der Waals surface area contributed by atoms with Crippen molar-refractivity contribution >= 4 is 17.3 Å². The van der Waals surface area contributed by atoms with Crippen molar-refractivity contribution in [3.63, 3.8) is 0 Å². The summed E-state index contributed by atoms with van der Waals surface area (Å²) in [5, 5.41) is 9.64. The van der Waals surface area contributed by atoms with Crippen LogP contribution < -0.4 is 5.73 Å². The second-order valence-corrected chi connectivity index (χ2v) is 2.94. The normalized spacial score (nSPS) is 10.1. The van der Waals surface area contributed by atoms with Gasteiger partial charge in [-0.2, -0.15) is 0 Å². The first-order chi connectivity index (χ1) is 5.04. The molecule has 0 radical (unpaired) electrons. The third-order valence-electron chi connectivity index (χ3n) is 1.79. The number of phenolic OH excluding ortho intramolecular Hbond substituents is 1. The van der Waals surface area contributed by atoms with Crippen LogP contribution in [-0.4, -0.2) is 5.11 Å². The molecule has 11 heavy (non-hydrogen) atoms. The topological polar surface area (TPSA) is 46.2 Å². The molecule has 0 heterocycles. The molecule has 0 aliphatic heterocycles. The summed E-state index contributed by atoms with van der Waals surface area (Å²) in [6.45, 7) is 3.74. The minimum Gasteiger partial charge on any atom is -0.506 e. The predicted octanol–water partition coefficient (Wildman–Crippen LogP) is 2.24. The lowest BCUT2D eigenvalue weighted by atomic mass is 10.1. The molecule has 3 heteroatoms. The summed E-state index contributed by atoms with van der Waals surface area (Å²) in [7, 11) is 0. The van der Waals surface area contributed by atoms with Crippen molar-refractivity contribution < 1.29 is 5.11 Å². The van der Waals surface area contributed by atoms with Gasteiger partial charge in [-0.25, -0.2) is 0 Å². The number of hydrogen-bond acceptors (Lipinski definition) is 2. The Bertz CT molecular complexity index is 270. The molecule has 3 N–H and O–H groups in total. The van der Waals surface area contributed by atoms with Crippen molar-refractivity contribution in [3.05, 3.63) is 22.2 Å². The summed E-state index contributed by atoms with van der Waals surface area (Å²) in [5.74, 6) is 0.0538. The summed E-state index contributed by atoms with van der Waals surface area (Å²) < 4.78 is 0. The molecule has 1 aromatic carbocycles. The minimum atomic E-state index is 0.0538. The largest absolute Gasteiger partial charge is 0.506 e. The molecule has 0 amide bonds. The van der Waals surface area contributed by atoms with Gasteiger partial charge in [0, 0.05) is 0 Å². The van der Waals surface area contributed by atoms with E-state index in [1.807, 2.05) is 13.8 Å². The van der Waals surface area contributed by atoms with Crippen molar-refractivity contribution in [2.45, 2.75) is 13.8 Å². The second-order valence-electron chi connectivity index (χ2n) is 2.57. The first-order valence-corrected chi connectivity index (χ1v) is 3.66. The van der Waals surface area contributed by atoms with Crippen LogP contribution in [0.1, 0.15) is 11.1 Å². The Morgan fingerprint density at radius 2 is 2.00 bits per heavy atom. The van der Waals surface area contributed by atoms with E-state index in [-0.39, 0.29) is 11.4 Å². The molecule has 1 rings (SSSR count). The number of nitrogens with two attached hydrogens (primary N) is 1. The number of halogens is 1. The molecule has 1 aromatic rings. The lowest BCUT2D eigenvalue weighted by molar-refractivity contribution is 0.477. The van der Waals surface area contributed by atoms with E-state index >= 15 is 0 Å². The molecule has 0 aromatic heterocycles. The van der Waals surface area contributed by atoms with Gasteiger partial charge in [-0.15, -0.1) is 0 Å². The number of phenols is 1. The monoisotopic (exact) mass is 171 g/mol. The Hall–Kier alpha value is -0.890. The zero-order valence-corrected chi connectivity index (χ0v) is 7.24. The first-order valence-electron chi connectivity index (χ1n) is 3.28. The smallest absolute Gasteiger partial charge is 0.140 e. The molecule has 0 saturated carbocycles. The summed E-state index contributed by atoms with van der Waals surface area (Å²) in [6, 6.07) is 1.61. The molecule has 60 valence electrons. The number of aryl methyl sites for hydroxylation is 1. The molecule has 0 aliphatic rings. The van der Waals surface area contributed by atoms with E-state index in [1.165, 1.54) is 0 Å². The van der Waals surface area contributed by atoms with Gasteiger partial charge in [0.15, 0.2) is 0 Å². The number of nitrogen functional groups attached to an aromatic ring is 1. The van der Waals surface area contributed by atoms with Crippen LogP contribution in [0.5, 0.6) is 5.75 Å². The van der Waals surface area contributed by atoms with E-state index < -0.39 is 0 Å². The molecule has 0 bridgehead atoms. The van der Waals surface area contributed by atoms with Crippen molar-refractivity contribution in [3.8, 4) is 5.75 Å². The Morgan fingerprint density at radius 1 is 1.45 bits per heavy atom. The van der Waals surface area contributed by atoms with Gasteiger partial charge in [-0.1, -0.05) is 11.6 Å². The number of benzene rings is 1. The number of aromatic hydroxyl groups is 1. The van der Waals surface area contributed by atoms with Gasteiger partial charge in [0.2, 0.25) is 0 Å². The van der Waals surface area contributed by atoms with E-state index in [0.717, 1.165) is 11.1 Å². The van der Waals surface area contributed by atoms with Gasteiger partial charge in [0.05, 0.1) is 10.7 Å². The Morgan fingerprint density at radius 3 is 2.55 bits per heavy atom. The fourth-order valence-corrected chi connectivity index (χ4v) is 1.12. The zero-order chi connectivity index (χ0) is 8.59. The van der Waals surface area contributed by atoms with E-state index in [4.69, 9.17) is 17.3 Å². The number of rotatable bonds is 0. The molecule has 2 nitrogen and oxygen atoms in total. The highest BCUT2D eigenvalue weighted by Crippen LogP contribution is 2.33. The van der Waals surface area contributed by atoms with Crippen LogP contribution >= 0.6 is 11.6 Å². The maximum absolute atomic E-state index is 9.20. The highest BCUT2D eigenvalue weighted by atomic mass is 35.5. The molecule has 0 saturated heterocycles. The Kier molecular flexibility index (Phi) is 1.96. The SMILES string of the molecule is Cc1cc(O)c(N)c(Cl)c1C. The summed E-state index contributed by atoms with van der Waals surface area (Å²) >= 11 is 5.80. The van der Waals surface area contributed by atoms with E-state index in [0.29, 0.717) is 5.02 Å². The van der Waals surface area contributed by atoms with E-state index in [2.05, 4.69) is 0 Å². The van der Waals surface area contributed by atoms with Gasteiger partial charge in [-0.3, -0.25) is 0 Å². The lowest BCUT2D eigenvalue weighted by Gasteiger charge is -2.07. The molecule has 0 spiro atoms. The van der Waals surface area contributed by atoms with Crippen molar-refractivity contribution in [2.75, 3.05) is 5.73 Å². The Balaban J connectivity index is 3.46. The summed E-state index contributed by atoms with van der Waals surface area (Å²) in [4.78, 5) is 0. The van der Waals surface area contributed by atoms with Gasteiger partial charge in [0.1, 0.15) is 5.75 Å². The average Bonchev–Trinajstić information content (AvgIpc) is 1.97. The maximum atomic E-state index is 9.20. The van der Waals surface area contributed by atoms with Crippen molar-refractivity contribution in [2.24, 2.45) is 0 Å². The summed E-state index contributed by atoms with van der Waals surface area (Å²) in [5.41, 5.74) is 7.59. The quantitative estimate of drug-likeness (QED) is 0.465. The van der Waals surface area contributed by atoms with Gasteiger partial charge < -0.3 is 10.8 Å². The van der Waals surface area contributed by atoms with Gasteiger partial charge >= 0.3 is 0 Å². The maximum Gasteiger partial charge on any atom is 0.140 e. The third-order valence-corrected chi connectivity index (χ3v) is 2.27.